The molecule has 0 saturated carbocycles. The largest absolute Gasteiger partial charge is 0.481 e. The molecule has 0 heterocycles. The van der Waals surface area contributed by atoms with Crippen LogP contribution in [0.5, 0.6) is 0 Å². The van der Waals surface area contributed by atoms with Crippen molar-refractivity contribution in [2.75, 3.05) is 27.7 Å². The Hall–Kier alpha value is -1.47. The van der Waals surface area contributed by atoms with Crippen LogP contribution in [0.1, 0.15) is 33.6 Å². The third-order valence-electron chi connectivity index (χ3n) is 3.36. The Kier molecular flexibility index (Phi) is 8.41. The number of carboxylic acids is 1. The van der Waals surface area contributed by atoms with E-state index in [4.69, 9.17) is 10.5 Å². The fourth-order valence-corrected chi connectivity index (χ4v) is 2.32. The Morgan fingerprint density at radius 1 is 1.17 bits per heavy atom. The molecule has 0 amide bonds. The zero-order valence-corrected chi connectivity index (χ0v) is 15.0. The van der Waals surface area contributed by atoms with E-state index < -0.39 is 35.8 Å². The fraction of sp³-hybridized carbons (Fsp3) is 0.812. The monoisotopic (exact) mass is 331 g/mol. The van der Waals surface area contributed by atoms with E-state index in [1.54, 1.807) is 6.92 Å². The normalized spacial score (nSPS) is 15.8. The van der Waals surface area contributed by atoms with E-state index in [1.165, 1.54) is 0 Å². The summed E-state index contributed by atoms with van der Waals surface area (Å²) in [6.45, 7) is 5.66. The maximum atomic E-state index is 12.2. The van der Waals surface area contributed by atoms with Crippen molar-refractivity contribution < 1.29 is 28.7 Å². The number of nitrogens with zero attached hydrogens (tertiary/aromatic N) is 1. The zero-order valence-electron chi connectivity index (χ0n) is 15.0. The summed E-state index contributed by atoms with van der Waals surface area (Å²) in [5.74, 6) is -3.55. The summed E-state index contributed by atoms with van der Waals surface area (Å²) in [6.07, 6.45) is -0.527. The van der Waals surface area contributed by atoms with E-state index in [2.05, 4.69) is 0 Å². The summed E-state index contributed by atoms with van der Waals surface area (Å²) < 4.78 is 5.71. The third-order valence-corrected chi connectivity index (χ3v) is 3.36. The van der Waals surface area contributed by atoms with Gasteiger partial charge in [-0.25, -0.2) is 0 Å². The van der Waals surface area contributed by atoms with Crippen LogP contribution in [0.3, 0.4) is 0 Å². The highest BCUT2D eigenvalue weighted by Gasteiger charge is 2.40. The molecule has 3 atom stereocenters. The molecule has 134 valence electrons. The Bertz CT molecular complexity index is 429. The molecule has 0 spiro atoms. The molecule has 0 saturated heterocycles. The topological polar surface area (TPSA) is 107 Å². The second-order valence-corrected chi connectivity index (χ2v) is 7.32. The third kappa shape index (κ3) is 8.08. The van der Waals surface area contributed by atoms with E-state index >= 15 is 0 Å². The first-order chi connectivity index (χ1) is 10.4. The molecular weight excluding hydrogens is 300 g/mol. The van der Waals surface area contributed by atoms with E-state index in [1.807, 2.05) is 35.0 Å². The minimum Gasteiger partial charge on any atom is -0.481 e. The van der Waals surface area contributed by atoms with Gasteiger partial charge in [0, 0.05) is 6.42 Å². The van der Waals surface area contributed by atoms with Crippen LogP contribution < -0.4 is 5.73 Å². The number of hydrogen-bond acceptors (Lipinski definition) is 5. The van der Waals surface area contributed by atoms with Gasteiger partial charge in [0.1, 0.15) is 12.6 Å². The number of ether oxygens (including phenoxy) is 1. The molecule has 23 heavy (non-hydrogen) atoms. The molecule has 0 aliphatic rings. The lowest BCUT2D eigenvalue weighted by molar-refractivity contribution is -0.873. The summed E-state index contributed by atoms with van der Waals surface area (Å²) in [7, 11) is 5.51. The molecule has 0 aromatic rings. The smallest absolute Gasteiger partial charge is 0.323 e. The highest BCUT2D eigenvalue weighted by atomic mass is 16.5. The van der Waals surface area contributed by atoms with Crippen LogP contribution in [-0.4, -0.2) is 67.1 Å². The van der Waals surface area contributed by atoms with Crippen molar-refractivity contribution in [3.8, 4) is 0 Å². The number of carbonyl (C=O) groups excluding carboxylic acids is 2. The van der Waals surface area contributed by atoms with Gasteiger partial charge in [0.2, 0.25) is 0 Å². The predicted octanol–water partition coefficient (Wildman–Crippen LogP) is 0.658. The molecule has 0 aliphatic carbocycles. The number of carbonyl (C=O) groups is 3. The molecule has 3 N–H and O–H groups in total. The predicted molar refractivity (Wildman–Crippen MR) is 86.6 cm³/mol. The molecule has 0 aromatic heterocycles. The van der Waals surface area contributed by atoms with Crippen LogP contribution in [0.4, 0.5) is 0 Å². The molecule has 0 aromatic carbocycles. The molecule has 2 unspecified atom stereocenters. The van der Waals surface area contributed by atoms with Crippen LogP contribution in [0.2, 0.25) is 0 Å². The first-order valence-electron chi connectivity index (χ1n) is 7.91. The fourth-order valence-electron chi connectivity index (χ4n) is 2.32. The van der Waals surface area contributed by atoms with E-state index in [0.717, 1.165) is 0 Å². The van der Waals surface area contributed by atoms with Crippen molar-refractivity contribution >= 4 is 17.7 Å². The molecule has 7 heteroatoms. The number of carboxylic acid groups (broad SMARTS) is 1. The number of Topliss-reactive ketones (excluding diaryl/α,β-unsaturated/α-hetero) is 1. The van der Waals surface area contributed by atoms with Crippen LogP contribution in [-0.2, 0) is 19.1 Å². The van der Waals surface area contributed by atoms with Gasteiger partial charge < -0.3 is 20.1 Å². The number of hydrogen-bond donors (Lipinski definition) is 2. The summed E-state index contributed by atoms with van der Waals surface area (Å²) in [4.78, 5) is 35.7. The minimum atomic E-state index is -1.37. The average Bonchev–Trinajstić information content (AvgIpc) is 2.35. The lowest BCUT2D eigenvalue weighted by Crippen LogP contribution is -2.51. The number of esters is 1. The zero-order chi connectivity index (χ0) is 18.4. The molecule has 0 fully saturated rings. The van der Waals surface area contributed by atoms with Crippen LogP contribution >= 0.6 is 0 Å². The highest BCUT2D eigenvalue weighted by molar-refractivity contribution is 5.99. The number of rotatable bonds is 10. The van der Waals surface area contributed by atoms with Gasteiger partial charge in [-0.3, -0.25) is 14.4 Å². The second kappa shape index (κ2) is 8.98. The standard InChI is InChI=1S/C16H30N2O5/c1-7-12(19)14(15(20)21)13(9-18(4,5)6)23-16(22)11(17)8-10(2)3/h10-11,13-14H,7-9,17H2,1-6H3/p+1/t11-,13?,14?/m0/s1. The van der Waals surface area contributed by atoms with Gasteiger partial charge in [-0.2, -0.15) is 0 Å². The van der Waals surface area contributed by atoms with Crippen LogP contribution in [0.15, 0.2) is 0 Å². The van der Waals surface area contributed by atoms with Crippen molar-refractivity contribution in [3.05, 3.63) is 0 Å². The number of likely N-dealkylation sites (N-methyl/N-ethyl adjacent to an activating group) is 1. The molecule has 7 nitrogen and oxygen atoms in total. The first kappa shape index (κ1) is 21.5. The Labute approximate surface area is 138 Å². The number of ketones is 1. The lowest BCUT2D eigenvalue weighted by atomic mass is 9.94. The molecule has 0 rings (SSSR count). The van der Waals surface area contributed by atoms with Crippen molar-refractivity contribution in [2.24, 2.45) is 17.6 Å². The molecular formula is C16H31N2O5+. The van der Waals surface area contributed by atoms with E-state index in [9.17, 15) is 19.5 Å². The van der Waals surface area contributed by atoms with Gasteiger partial charge in [0.25, 0.3) is 0 Å². The highest BCUT2D eigenvalue weighted by Crippen LogP contribution is 2.17. The maximum Gasteiger partial charge on any atom is 0.323 e. The number of quaternary nitrogens is 1. The van der Waals surface area contributed by atoms with Crippen LogP contribution in [0.25, 0.3) is 0 Å². The van der Waals surface area contributed by atoms with Crippen molar-refractivity contribution in [1.29, 1.82) is 0 Å². The van der Waals surface area contributed by atoms with Gasteiger partial charge in [-0.15, -0.1) is 0 Å². The Morgan fingerprint density at radius 3 is 2.04 bits per heavy atom. The van der Waals surface area contributed by atoms with Crippen molar-refractivity contribution in [1.82, 2.24) is 0 Å². The summed E-state index contributed by atoms with van der Waals surface area (Å²) >= 11 is 0. The first-order valence-corrected chi connectivity index (χ1v) is 7.91. The maximum absolute atomic E-state index is 12.2. The van der Waals surface area contributed by atoms with E-state index in [0.29, 0.717) is 10.9 Å². The molecule has 0 radical (unpaired) electrons. The van der Waals surface area contributed by atoms with E-state index in [-0.39, 0.29) is 18.9 Å². The quantitative estimate of drug-likeness (QED) is 0.346. The van der Waals surface area contributed by atoms with Gasteiger partial charge in [0.05, 0.1) is 21.1 Å². The SMILES string of the molecule is CCC(=O)C(C(=O)O)C(C[N+](C)(C)C)OC(=O)[C@@H](N)CC(C)C. The van der Waals surface area contributed by atoms with Gasteiger partial charge in [0.15, 0.2) is 17.8 Å². The molecule has 0 aliphatic heterocycles. The lowest BCUT2D eigenvalue weighted by Gasteiger charge is -2.32. The minimum absolute atomic E-state index is 0.0697. The van der Waals surface area contributed by atoms with Crippen molar-refractivity contribution in [3.63, 3.8) is 0 Å². The number of nitrogens with two attached hydrogens (primary N) is 1. The Balaban J connectivity index is 5.32. The number of aliphatic carboxylic acids is 1. The molecule has 0 bridgehead atoms. The Morgan fingerprint density at radius 2 is 1.70 bits per heavy atom. The second-order valence-electron chi connectivity index (χ2n) is 7.32. The van der Waals surface area contributed by atoms with Gasteiger partial charge in [-0.1, -0.05) is 20.8 Å². The summed E-state index contributed by atoms with van der Waals surface area (Å²) in [6, 6.07) is -0.823. The summed E-state index contributed by atoms with van der Waals surface area (Å²) in [5.41, 5.74) is 5.80. The van der Waals surface area contributed by atoms with Gasteiger partial charge in [-0.05, 0) is 12.3 Å². The van der Waals surface area contributed by atoms with Crippen LogP contribution in [0, 0.1) is 11.8 Å². The van der Waals surface area contributed by atoms with Crippen molar-refractivity contribution in [2.45, 2.75) is 45.8 Å². The average molecular weight is 331 g/mol. The summed E-state index contributed by atoms with van der Waals surface area (Å²) in [5, 5.41) is 9.39. The van der Waals surface area contributed by atoms with Gasteiger partial charge >= 0.3 is 11.9 Å².